The lowest BCUT2D eigenvalue weighted by atomic mass is 10.1. The van der Waals surface area contributed by atoms with Crippen molar-refractivity contribution in [3.63, 3.8) is 0 Å². The molecule has 1 aliphatic carbocycles. The second-order valence-corrected chi connectivity index (χ2v) is 11.1. The standard InChI is InChI=1S/C25H26F3N9O3S/c1-5-41(39)15-8-29-16(30-9-15)10-31-21-24(38)37(13(3)25(26,27)28)22-18(35-21)12(2)34-20(36-22)17-19(14-6-7-14)32-11-33-23(17)40-4/h8-9,11,13-14H,5-7,10H2,1-4H3,(H,31,35). The van der Waals surface area contributed by atoms with E-state index >= 15 is 0 Å². The summed E-state index contributed by atoms with van der Waals surface area (Å²) >= 11 is 0. The van der Waals surface area contributed by atoms with E-state index in [0.29, 0.717) is 26.5 Å². The van der Waals surface area contributed by atoms with E-state index in [1.54, 1.807) is 13.8 Å². The van der Waals surface area contributed by atoms with Gasteiger partial charge in [0.2, 0.25) is 5.88 Å². The zero-order chi connectivity index (χ0) is 29.5. The molecule has 0 saturated heterocycles. The Morgan fingerprint density at radius 2 is 1.85 bits per heavy atom. The second-order valence-electron chi connectivity index (χ2n) is 9.40. The van der Waals surface area contributed by atoms with Crippen molar-refractivity contribution >= 4 is 27.8 Å². The lowest BCUT2D eigenvalue weighted by Gasteiger charge is -2.21. The molecule has 2 atom stereocenters. The van der Waals surface area contributed by atoms with Crippen LogP contribution in [0.4, 0.5) is 19.0 Å². The van der Waals surface area contributed by atoms with Crippen LogP contribution in [-0.4, -0.2) is 62.7 Å². The number of methoxy groups -OCH3 is 1. The number of nitrogens with one attached hydrogen (secondary N) is 1. The van der Waals surface area contributed by atoms with Gasteiger partial charge in [0, 0.05) is 24.1 Å². The van der Waals surface area contributed by atoms with Crippen LogP contribution in [-0.2, 0) is 17.3 Å². The lowest BCUT2D eigenvalue weighted by molar-refractivity contribution is -0.162. The molecule has 4 heterocycles. The van der Waals surface area contributed by atoms with Gasteiger partial charge in [-0.3, -0.25) is 13.6 Å². The van der Waals surface area contributed by atoms with Gasteiger partial charge >= 0.3 is 6.18 Å². The molecule has 0 spiro atoms. The van der Waals surface area contributed by atoms with Crippen LogP contribution in [0.15, 0.2) is 28.4 Å². The second kappa shape index (κ2) is 11.1. The first-order valence-corrected chi connectivity index (χ1v) is 14.0. The van der Waals surface area contributed by atoms with Crippen LogP contribution in [0.5, 0.6) is 5.88 Å². The summed E-state index contributed by atoms with van der Waals surface area (Å²) in [6.07, 6.45) is 1.15. The predicted octanol–water partition coefficient (Wildman–Crippen LogP) is 3.49. The molecule has 1 aliphatic rings. The molecule has 0 bridgehead atoms. The molecule has 5 rings (SSSR count). The molecule has 0 aliphatic heterocycles. The van der Waals surface area contributed by atoms with Gasteiger partial charge in [-0.1, -0.05) is 6.92 Å². The van der Waals surface area contributed by atoms with Gasteiger partial charge in [0.05, 0.1) is 40.7 Å². The first-order chi connectivity index (χ1) is 19.5. The third-order valence-corrected chi connectivity index (χ3v) is 7.88. The zero-order valence-corrected chi connectivity index (χ0v) is 23.4. The SMILES string of the molecule is CCS(=O)c1cnc(CNc2nc3c(C)nc(-c4c(OC)ncnc4C4CC4)nc3n(C(C)C(F)(F)F)c2=O)nc1. The Kier molecular flexibility index (Phi) is 7.68. The lowest BCUT2D eigenvalue weighted by Crippen LogP contribution is -2.35. The summed E-state index contributed by atoms with van der Waals surface area (Å²) in [4.78, 5) is 43.9. The molecule has 41 heavy (non-hydrogen) atoms. The summed E-state index contributed by atoms with van der Waals surface area (Å²) in [6, 6.07) is -2.24. The monoisotopic (exact) mass is 589 g/mol. The highest BCUT2D eigenvalue weighted by atomic mass is 32.2. The van der Waals surface area contributed by atoms with E-state index in [1.807, 2.05) is 0 Å². The number of aryl methyl sites for hydroxylation is 1. The minimum absolute atomic E-state index is 0.00495. The number of alkyl halides is 3. The summed E-state index contributed by atoms with van der Waals surface area (Å²) in [7, 11) is 0.171. The summed E-state index contributed by atoms with van der Waals surface area (Å²) in [6.45, 7) is 4.09. The van der Waals surface area contributed by atoms with Gasteiger partial charge in [0.1, 0.15) is 29.3 Å². The third kappa shape index (κ3) is 5.60. The van der Waals surface area contributed by atoms with Crippen molar-refractivity contribution in [1.29, 1.82) is 0 Å². The van der Waals surface area contributed by atoms with E-state index in [9.17, 15) is 22.2 Å². The summed E-state index contributed by atoms with van der Waals surface area (Å²) in [5, 5.41) is 2.75. The van der Waals surface area contributed by atoms with Gasteiger partial charge in [-0.25, -0.2) is 34.9 Å². The highest BCUT2D eigenvalue weighted by molar-refractivity contribution is 7.85. The van der Waals surface area contributed by atoms with E-state index in [-0.39, 0.29) is 52.7 Å². The number of fused-ring (bicyclic) bond motifs is 1. The van der Waals surface area contributed by atoms with E-state index in [4.69, 9.17) is 4.74 Å². The highest BCUT2D eigenvalue weighted by Crippen LogP contribution is 2.45. The van der Waals surface area contributed by atoms with Gasteiger partial charge in [0.15, 0.2) is 17.3 Å². The van der Waals surface area contributed by atoms with Crippen molar-refractivity contribution < 1.29 is 22.1 Å². The molecule has 12 nitrogen and oxygen atoms in total. The number of halogens is 3. The van der Waals surface area contributed by atoms with E-state index in [2.05, 4.69) is 40.2 Å². The van der Waals surface area contributed by atoms with Gasteiger partial charge in [-0.15, -0.1) is 0 Å². The number of aromatic nitrogens is 8. The molecule has 0 radical (unpaired) electrons. The van der Waals surface area contributed by atoms with Crippen LogP contribution >= 0.6 is 0 Å². The molecule has 0 amide bonds. The van der Waals surface area contributed by atoms with Crippen LogP contribution in [0.2, 0.25) is 0 Å². The largest absolute Gasteiger partial charge is 0.480 e. The first-order valence-electron chi connectivity index (χ1n) is 12.7. The fourth-order valence-electron chi connectivity index (χ4n) is 4.25. The molecule has 16 heteroatoms. The maximum atomic E-state index is 14.0. The molecule has 1 saturated carbocycles. The van der Waals surface area contributed by atoms with Crippen molar-refractivity contribution in [2.45, 2.75) is 63.2 Å². The topological polar surface area (TPSA) is 151 Å². The van der Waals surface area contributed by atoms with Crippen LogP contribution < -0.4 is 15.6 Å². The molecule has 216 valence electrons. The smallest absolute Gasteiger partial charge is 0.409 e. The molecule has 0 aromatic carbocycles. The van der Waals surface area contributed by atoms with Crippen LogP contribution in [0.3, 0.4) is 0 Å². The van der Waals surface area contributed by atoms with Crippen LogP contribution in [0, 0.1) is 6.92 Å². The van der Waals surface area contributed by atoms with Crippen molar-refractivity contribution in [2.75, 3.05) is 18.2 Å². The van der Waals surface area contributed by atoms with Gasteiger partial charge in [0.25, 0.3) is 5.56 Å². The summed E-state index contributed by atoms with van der Waals surface area (Å²) in [5.74, 6) is 0.618. The van der Waals surface area contributed by atoms with Crippen LogP contribution in [0.1, 0.15) is 55.9 Å². The van der Waals surface area contributed by atoms with E-state index in [0.717, 1.165) is 19.8 Å². The summed E-state index contributed by atoms with van der Waals surface area (Å²) in [5.41, 5.74) is -0.0739. The number of hydrogen-bond acceptors (Lipinski definition) is 11. The number of rotatable bonds is 9. The Balaban J connectivity index is 1.63. The Labute approximate surface area is 234 Å². The first kappa shape index (κ1) is 28.4. The fraction of sp³-hybridized carbons (Fsp3) is 0.440. The highest BCUT2D eigenvalue weighted by Gasteiger charge is 2.40. The van der Waals surface area contributed by atoms with E-state index < -0.39 is 28.6 Å². The molecule has 4 aromatic rings. The van der Waals surface area contributed by atoms with Gasteiger partial charge in [-0.05, 0) is 26.7 Å². The Hall–Kier alpha value is -4.08. The number of ether oxygens (including phenoxy) is 1. The Morgan fingerprint density at radius 3 is 2.46 bits per heavy atom. The molecule has 4 aromatic heterocycles. The van der Waals surface area contributed by atoms with Crippen LogP contribution in [0.25, 0.3) is 22.6 Å². The third-order valence-electron chi connectivity index (χ3n) is 6.62. The fourth-order valence-corrected chi connectivity index (χ4v) is 4.92. The van der Waals surface area contributed by atoms with Crippen molar-refractivity contribution in [3.8, 4) is 17.3 Å². The molecular weight excluding hydrogens is 563 g/mol. The molecule has 2 unspecified atom stereocenters. The predicted molar refractivity (Wildman–Crippen MR) is 143 cm³/mol. The number of hydrogen-bond donors (Lipinski definition) is 1. The van der Waals surface area contributed by atoms with Crippen molar-refractivity contribution in [1.82, 2.24) is 39.5 Å². The minimum atomic E-state index is -4.77. The maximum absolute atomic E-state index is 14.0. The quantitative estimate of drug-likeness (QED) is 0.306. The average molecular weight is 590 g/mol. The maximum Gasteiger partial charge on any atom is 0.409 e. The van der Waals surface area contributed by atoms with Crippen molar-refractivity contribution in [3.05, 3.63) is 46.3 Å². The van der Waals surface area contributed by atoms with Crippen molar-refractivity contribution in [2.24, 2.45) is 0 Å². The average Bonchev–Trinajstić information content (AvgIpc) is 3.80. The summed E-state index contributed by atoms with van der Waals surface area (Å²) < 4.78 is 60.1. The zero-order valence-electron chi connectivity index (χ0n) is 22.6. The molecule has 1 fully saturated rings. The normalized spacial score (nSPS) is 15.1. The Morgan fingerprint density at radius 1 is 1.15 bits per heavy atom. The molecule has 1 N–H and O–H groups in total. The minimum Gasteiger partial charge on any atom is -0.480 e. The van der Waals surface area contributed by atoms with E-state index in [1.165, 1.54) is 25.8 Å². The van der Waals surface area contributed by atoms with Gasteiger partial charge in [-0.2, -0.15) is 13.2 Å². The number of nitrogens with zero attached hydrogens (tertiary/aromatic N) is 8. The number of anilines is 1. The van der Waals surface area contributed by atoms with Gasteiger partial charge < -0.3 is 10.1 Å². The molecular formula is C25H26F3N9O3S. The Bertz CT molecular complexity index is 1690.